The predicted octanol–water partition coefficient (Wildman–Crippen LogP) is -0.237. The molecule has 1 aromatic rings. The molecule has 1 atom stereocenters. The Labute approximate surface area is 128 Å². The van der Waals surface area contributed by atoms with Crippen molar-refractivity contribution in [2.45, 2.75) is 25.3 Å². The number of quaternary nitrogens is 1. The first-order valence-corrected chi connectivity index (χ1v) is 7.05. The lowest BCUT2D eigenvalue weighted by molar-refractivity contribution is -0.887. The molecule has 0 aromatic carbocycles. The number of nitrogens with one attached hydrogen (secondary N) is 2. The van der Waals surface area contributed by atoms with E-state index in [4.69, 9.17) is 17.0 Å². The smallest absolute Gasteiger partial charge is 0.365 e. The van der Waals surface area contributed by atoms with Crippen molar-refractivity contribution >= 4 is 24.2 Å². The van der Waals surface area contributed by atoms with Gasteiger partial charge in [0.05, 0.1) is 34.2 Å². The highest BCUT2D eigenvalue weighted by Gasteiger charge is 2.33. The largest absolute Gasteiger partial charge is 0.550 e. The van der Waals surface area contributed by atoms with Gasteiger partial charge >= 0.3 is 5.97 Å². The van der Waals surface area contributed by atoms with Crippen molar-refractivity contribution in [2.75, 3.05) is 27.7 Å². The van der Waals surface area contributed by atoms with Crippen molar-refractivity contribution in [2.24, 2.45) is 0 Å². The average molecular weight is 315 g/mol. The van der Waals surface area contributed by atoms with Crippen molar-refractivity contribution < 1.29 is 23.9 Å². The fourth-order valence-electron chi connectivity index (χ4n) is 1.85. The number of imidazole rings is 1. The first-order valence-electron chi connectivity index (χ1n) is 6.64. The van der Waals surface area contributed by atoms with E-state index >= 15 is 0 Å². The van der Waals surface area contributed by atoms with Crippen LogP contribution in [0.25, 0.3) is 0 Å². The molecule has 1 rings (SSSR count). The van der Waals surface area contributed by atoms with Gasteiger partial charge in [0.25, 0.3) is 0 Å². The summed E-state index contributed by atoms with van der Waals surface area (Å²) in [5.74, 6) is -1.50. The molecular weight excluding hydrogens is 294 g/mol. The average Bonchev–Trinajstić information content (AvgIpc) is 2.75. The van der Waals surface area contributed by atoms with E-state index in [-0.39, 0.29) is 25.4 Å². The molecule has 0 unspecified atom stereocenters. The van der Waals surface area contributed by atoms with Gasteiger partial charge in [0, 0.05) is 17.9 Å². The summed E-state index contributed by atoms with van der Waals surface area (Å²) in [6.07, 6.45) is 2.32. The normalized spacial score (nSPS) is 12.9. The Hall–Kier alpha value is -1.67. The minimum absolute atomic E-state index is 0.0758. The highest BCUT2D eigenvalue weighted by atomic mass is 32.1. The summed E-state index contributed by atoms with van der Waals surface area (Å²) in [6, 6.07) is -0.408. The molecule has 0 radical (unpaired) electrons. The van der Waals surface area contributed by atoms with Crippen LogP contribution in [0.3, 0.4) is 0 Å². The first-order chi connectivity index (χ1) is 9.70. The van der Waals surface area contributed by atoms with Crippen molar-refractivity contribution in [3.05, 3.63) is 16.7 Å². The van der Waals surface area contributed by atoms with Crippen LogP contribution in [0.2, 0.25) is 0 Å². The quantitative estimate of drug-likeness (QED) is 0.299. The second-order valence-corrected chi connectivity index (χ2v) is 6.16. The number of carboxylic acids is 1. The molecule has 1 aromatic heterocycles. The summed E-state index contributed by atoms with van der Waals surface area (Å²) in [4.78, 5) is 28.3. The van der Waals surface area contributed by atoms with E-state index in [0.717, 1.165) is 5.69 Å². The van der Waals surface area contributed by atoms with Gasteiger partial charge in [-0.3, -0.25) is 0 Å². The fourth-order valence-corrected chi connectivity index (χ4v) is 2.04. The number of carbonyl (C=O) groups is 2. The van der Waals surface area contributed by atoms with Crippen LogP contribution in [0, 0.1) is 4.77 Å². The Kier molecular flexibility index (Phi) is 6.10. The van der Waals surface area contributed by atoms with E-state index in [1.165, 1.54) is 0 Å². The topological polar surface area (TPSA) is 98.0 Å². The Bertz CT molecular complexity index is 544. The third-order valence-corrected chi connectivity index (χ3v) is 3.26. The monoisotopic (exact) mass is 315 g/mol. The highest BCUT2D eigenvalue weighted by molar-refractivity contribution is 7.71. The zero-order valence-electron chi connectivity index (χ0n) is 12.5. The standard InChI is InChI=1S/C13H21N3O4S/c1-16(2,3)10(7-9-8-14-13(21)15-9)12(19)20-6-4-5-11(17)18/h8,10H,4-7H2,1-3H3,(H2-,14,15,17,18,21)/t10-/m0/s1. The number of aromatic nitrogens is 2. The molecule has 8 heteroatoms. The summed E-state index contributed by atoms with van der Waals surface area (Å²) in [6.45, 7) is 0.0758. The number of esters is 1. The molecule has 0 spiro atoms. The van der Waals surface area contributed by atoms with Gasteiger partial charge in [0.2, 0.25) is 0 Å². The van der Waals surface area contributed by atoms with Crippen molar-refractivity contribution in [1.29, 1.82) is 0 Å². The van der Waals surface area contributed by atoms with Gasteiger partial charge in [-0.2, -0.15) is 0 Å². The van der Waals surface area contributed by atoms with Gasteiger partial charge < -0.3 is 29.1 Å². The molecule has 0 saturated carbocycles. The van der Waals surface area contributed by atoms with E-state index in [0.29, 0.717) is 15.7 Å². The molecule has 0 fully saturated rings. The lowest BCUT2D eigenvalue weighted by Gasteiger charge is -2.32. The number of hydrogen-bond acceptors (Lipinski definition) is 5. The molecule has 2 N–H and O–H groups in total. The number of ether oxygens (including phenoxy) is 1. The first kappa shape index (κ1) is 17.4. The second kappa shape index (κ2) is 7.37. The number of hydrogen-bond donors (Lipinski definition) is 2. The number of rotatable bonds is 8. The van der Waals surface area contributed by atoms with Crippen LogP contribution >= 0.6 is 12.2 Å². The van der Waals surface area contributed by atoms with Crippen molar-refractivity contribution in [1.82, 2.24) is 9.97 Å². The molecule has 1 heterocycles. The summed E-state index contributed by atoms with van der Waals surface area (Å²) in [7, 11) is 5.69. The summed E-state index contributed by atoms with van der Waals surface area (Å²) in [5, 5.41) is 10.3. The van der Waals surface area contributed by atoms with E-state index in [1.54, 1.807) is 6.20 Å². The number of carbonyl (C=O) groups excluding carboxylic acids is 2. The maximum atomic E-state index is 12.2. The molecule has 21 heavy (non-hydrogen) atoms. The van der Waals surface area contributed by atoms with Crippen molar-refractivity contribution in [3.63, 3.8) is 0 Å². The Morgan fingerprint density at radius 2 is 2.10 bits per heavy atom. The zero-order chi connectivity index (χ0) is 16.0. The van der Waals surface area contributed by atoms with Gasteiger partial charge in [-0.1, -0.05) is 0 Å². The minimum atomic E-state index is -1.14. The number of likely N-dealkylation sites (N-methyl/N-ethyl adjacent to an activating group) is 1. The third kappa shape index (κ3) is 6.09. The van der Waals surface area contributed by atoms with Gasteiger partial charge in [-0.25, -0.2) is 4.79 Å². The summed E-state index contributed by atoms with van der Waals surface area (Å²) < 4.78 is 6.07. The Morgan fingerprint density at radius 1 is 1.43 bits per heavy atom. The highest BCUT2D eigenvalue weighted by Crippen LogP contribution is 2.12. The van der Waals surface area contributed by atoms with Gasteiger partial charge in [0.1, 0.15) is 0 Å². The van der Waals surface area contributed by atoms with Crippen molar-refractivity contribution in [3.8, 4) is 0 Å². The van der Waals surface area contributed by atoms with Crippen LogP contribution in [0.1, 0.15) is 18.5 Å². The third-order valence-electron chi connectivity index (χ3n) is 3.04. The minimum Gasteiger partial charge on any atom is -0.550 e. The number of nitrogens with zero attached hydrogens (tertiary/aromatic N) is 1. The molecular formula is C13H21N3O4S. The van der Waals surface area contributed by atoms with E-state index in [2.05, 4.69) is 9.97 Å². The summed E-state index contributed by atoms with van der Waals surface area (Å²) in [5.41, 5.74) is 0.824. The zero-order valence-corrected chi connectivity index (χ0v) is 13.3. The van der Waals surface area contributed by atoms with Crippen LogP contribution in [-0.2, 0) is 20.7 Å². The number of aromatic amines is 2. The molecule has 0 bridgehead atoms. The maximum Gasteiger partial charge on any atom is 0.365 e. The lowest BCUT2D eigenvalue weighted by Crippen LogP contribution is -2.51. The van der Waals surface area contributed by atoms with E-state index in [9.17, 15) is 14.7 Å². The fraction of sp³-hybridized carbons (Fsp3) is 0.615. The Morgan fingerprint density at radius 3 is 2.57 bits per heavy atom. The van der Waals surface area contributed by atoms with Crippen LogP contribution in [-0.4, -0.2) is 60.2 Å². The molecule has 7 nitrogen and oxygen atoms in total. The number of H-pyrrole nitrogens is 2. The van der Waals surface area contributed by atoms with Crippen LogP contribution in [0.5, 0.6) is 0 Å². The van der Waals surface area contributed by atoms with Crippen LogP contribution < -0.4 is 5.11 Å². The molecule has 0 aliphatic carbocycles. The van der Waals surface area contributed by atoms with Crippen LogP contribution in [0.15, 0.2) is 6.20 Å². The van der Waals surface area contributed by atoms with Crippen LogP contribution in [0.4, 0.5) is 0 Å². The number of carboxylic acid groups (broad SMARTS) is 1. The van der Waals surface area contributed by atoms with E-state index in [1.807, 2.05) is 21.1 Å². The second-order valence-electron chi connectivity index (χ2n) is 5.75. The summed E-state index contributed by atoms with van der Waals surface area (Å²) >= 11 is 4.96. The SMILES string of the molecule is C[N+](C)(C)[C@@H](Cc1c[nH]c(=S)[nH]1)C(=O)OCCCC(=O)[O-]. The molecule has 118 valence electrons. The molecule has 0 aliphatic rings. The Balaban J connectivity index is 2.63. The molecule has 0 aliphatic heterocycles. The number of aliphatic carboxylic acids is 1. The van der Waals surface area contributed by atoms with Gasteiger partial charge in [-0.05, 0) is 25.1 Å². The van der Waals surface area contributed by atoms with E-state index < -0.39 is 12.0 Å². The lowest BCUT2D eigenvalue weighted by atomic mass is 10.1. The maximum absolute atomic E-state index is 12.2. The molecule has 0 amide bonds. The molecule has 0 saturated heterocycles. The predicted molar refractivity (Wildman–Crippen MR) is 76.7 cm³/mol. The van der Waals surface area contributed by atoms with Gasteiger partial charge in [-0.15, -0.1) is 0 Å². The van der Waals surface area contributed by atoms with Gasteiger partial charge in [0.15, 0.2) is 10.8 Å².